The van der Waals surface area contributed by atoms with Gasteiger partial charge in [-0.25, -0.2) is 13.8 Å². The van der Waals surface area contributed by atoms with Crippen LogP contribution in [0.2, 0.25) is 5.02 Å². The first-order chi connectivity index (χ1) is 17.9. The lowest BCUT2D eigenvalue weighted by atomic mass is 10.0. The molecule has 2 aromatic carbocycles. The lowest BCUT2D eigenvalue weighted by Crippen LogP contribution is -2.44. The maximum absolute atomic E-state index is 16.4. The van der Waals surface area contributed by atoms with Crippen molar-refractivity contribution >= 4 is 55.0 Å². The molecular weight excluding hydrogens is 520 g/mol. The Labute approximate surface area is 221 Å². The van der Waals surface area contributed by atoms with E-state index >= 15 is 4.39 Å². The summed E-state index contributed by atoms with van der Waals surface area (Å²) in [5, 5.41) is 4.16. The summed E-state index contributed by atoms with van der Waals surface area (Å²) in [6, 6.07) is 4.80. The van der Waals surface area contributed by atoms with E-state index in [1.54, 1.807) is 6.07 Å². The first-order valence-corrected chi connectivity index (χ1v) is 13.4. The predicted molar refractivity (Wildman–Crippen MR) is 144 cm³/mol. The highest BCUT2D eigenvalue weighted by Gasteiger charge is 2.26. The van der Waals surface area contributed by atoms with Crippen LogP contribution in [0.3, 0.4) is 0 Å². The van der Waals surface area contributed by atoms with E-state index in [0.717, 1.165) is 43.8 Å². The van der Waals surface area contributed by atoms with Crippen LogP contribution in [0.1, 0.15) is 12.8 Å². The van der Waals surface area contributed by atoms with E-state index in [9.17, 15) is 4.39 Å². The largest absolute Gasteiger partial charge is 0.462 e. The molecule has 2 fully saturated rings. The van der Waals surface area contributed by atoms with Gasteiger partial charge < -0.3 is 25.6 Å². The van der Waals surface area contributed by atoms with E-state index < -0.39 is 11.6 Å². The first-order valence-electron chi connectivity index (χ1n) is 12.2. The van der Waals surface area contributed by atoms with E-state index in [-0.39, 0.29) is 43.5 Å². The van der Waals surface area contributed by atoms with Crippen molar-refractivity contribution < 1.29 is 13.5 Å². The third kappa shape index (κ3) is 4.43. The van der Waals surface area contributed by atoms with Crippen LogP contribution in [0, 0.1) is 11.6 Å². The van der Waals surface area contributed by atoms with Gasteiger partial charge in [0.2, 0.25) is 0 Å². The van der Waals surface area contributed by atoms with E-state index in [1.165, 1.54) is 12.1 Å². The summed E-state index contributed by atoms with van der Waals surface area (Å²) < 4.78 is 37.1. The number of halogens is 3. The lowest BCUT2D eigenvalue weighted by molar-refractivity contribution is 0.188. The second-order valence-corrected chi connectivity index (χ2v) is 10.9. The van der Waals surface area contributed by atoms with Gasteiger partial charge in [0.05, 0.1) is 15.2 Å². The Morgan fingerprint density at radius 2 is 1.97 bits per heavy atom. The number of anilines is 2. The number of likely N-dealkylation sites (tertiary alicyclic amines) is 1. The minimum absolute atomic E-state index is 0.0934. The van der Waals surface area contributed by atoms with Gasteiger partial charge in [0.1, 0.15) is 23.8 Å². The number of likely N-dealkylation sites (N-methyl/N-ethyl adjacent to an activating group) is 1. The molecule has 1 unspecified atom stereocenters. The fourth-order valence-electron chi connectivity index (χ4n) is 5.14. The first kappa shape index (κ1) is 24.5. The van der Waals surface area contributed by atoms with Crippen molar-refractivity contribution in [3.8, 4) is 17.1 Å². The topological polar surface area (TPSA) is 92.4 Å². The zero-order valence-corrected chi connectivity index (χ0v) is 21.8. The van der Waals surface area contributed by atoms with Crippen molar-refractivity contribution in [3.05, 3.63) is 34.9 Å². The highest BCUT2D eigenvalue weighted by Crippen LogP contribution is 2.42. The number of nitrogens with one attached hydrogen (secondary N) is 1. The Kier molecular flexibility index (Phi) is 6.47. The summed E-state index contributed by atoms with van der Waals surface area (Å²) in [7, 11) is 2.07. The highest BCUT2D eigenvalue weighted by molar-refractivity contribution is 7.22. The maximum atomic E-state index is 16.4. The van der Waals surface area contributed by atoms with Gasteiger partial charge in [-0.1, -0.05) is 22.9 Å². The standard InChI is InChI=1S/C25H26ClF2N7OS/c1-34-8-2-3-13(34)12-36-25-32-20-15(23(33-25)35-9-6-30-7-10-35)11-16(26)18(19(20)28)14-4-5-17(27)22-21(14)31-24(29)37-22/h4-5,11,13,30H,2-3,6-10,12H2,1H3,(H2,29,31). The Balaban J connectivity index is 1.51. The molecule has 2 saturated heterocycles. The van der Waals surface area contributed by atoms with Crippen LogP contribution in [-0.4, -0.2) is 72.3 Å². The molecule has 2 aliphatic heterocycles. The van der Waals surface area contributed by atoms with Gasteiger partial charge in [0.15, 0.2) is 10.9 Å². The second kappa shape index (κ2) is 9.79. The summed E-state index contributed by atoms with van der Waals surface area (Å²) in [5.41, 5.74) is 6.66. The second-order valence-electron chi connectivity index (χ2n) is 9.42. The molecule has 2 aromatic heterocycles. The predicted octanol–water partition coefficient (Wildman–Crippen LogP) is 4.30. The number of rotatable bonds is 5. The zero-order chi connectivity index (χ0) is 25.7. The minimum Gasteiger partial charge on any atom is -0.462 e. The molecule has 0 amide bonds. The summed E-state index contributed by atoms with van der Waals surface area (Å²) in [5.74, 6) is -0.527. The van der Waals surface area contributed by atoms with Crippen LogP contribution in [0.5, 0.6) is 6.01 Å². The van der Waals surface area contributed by atoms with Crippen LogP contribution >= 0.6 is 22.9 Å². The average Bonchev–Trinajstić information content (AvgIpc) is 3.49. The van der Waals surface area contributed by atoms with Crippen molar-refractivity contribution in [1.82, 2.24) is 25.2 Å². The molecule has 0 bridgehead atoms. The molecule has 0 spiro atoms. The van der Waals surface area contributed by atoms with Crippen molar-refractivity contribution in [2.24, 2.45) is 0 Å². The molecule has 4 heterocycles. The summed E-state index contributed by atoms with van der Waals surface area (Å²) in [4.78, 5) is 17.8. The highest BCUT2D eigenvalue weighted by atomic mass is 35.5. The van der Waals surface area contributed by atoms with E-state index in [4.69, 9.17) is 27.1 Å². The summed E-state index contributed by atoms with van der Waals surface area (Å²) in [6.45, 7) is 4.40. The quantitative estimate of drug-likeness (QED) is 0.383. The van der Waals surface area contributed by atoms with Crippen LogP contribution in [0.25, 0.3) is 32.2 Å². The fraction of sp³-hybridized carbons (Fsp3) is 0.400. The minimum atomic E-state index is -0.636. The number of piperazine rings is 1. The third-order valence-corrected chi connectivity index (χ3v) is 8.31. The number of hydrogen-bond donors (Lipinski definition) is 2. The fourth-order valence-corrected chi connectivity index (χ4v) is 6.20. The molecule has 1 atom stereocenters. The van der Waals surface area contributed by atoms with Crippen LogP contribution in [0.4, 0.5) is 19.7 Å². The molecule has 0 aliphatic carbocycles. The normalized spacial score (nSPS) is 18.8. The van der Waals surface area contributed by atoms with Gasteiger partial charge in [-0.15, -0.1) is 0 Å². The monoisotopic (exact) mass is 545 g/mol. The number of hydrogen-bond acceptors (Lipinski definition) is 9. The summed E-state index contributed by atoms with van der Waals surface area (Å²) in [6.07, 6.45) is 2.14. The molecule has 37 heavy (non-hydrogen) atoms. The van der Waals surface area contributed by atoms with E-state index in [2.05, 4.69) is 32.1 Å². The Morgan fingerprint density at radius 3 is 2.73 bits per heavy atom. The molecule has 4 aromatic rings. The number of thiazole rings is 1. The zero-order valence-electron chi connectivity index (χ0n) is 20.2. The number of aromatic nitrogens is 3. The number of nitrogen functional groups attached to an aromatic ring is 1. The number of ether oxygens (including phenoxy) is 1. The third-order valence-electron chi connectivity index (χ3n) is 7.12. The van der Waals surface area contributed by atoms with Gasteiger partial charge in [0, 0.05) is 48.7 Å². The van der Waals surface area contributed by atoms with Gasteiger partial charge in [-0.3, -0.25) is 0 Å². The SMILES string of the molecule is CN1CCCC1COc1nc(N2CCNCC2)c2cc(Cl)c(-c3ccc(F)c4sc(N)nc34)c(F)c2n1. The molecule has 3 N–H and O–H groups in total. The van der Waals surface area contributed by atoms with Crippen molar-refractivity contribution in [1.29, 1.82) is 0 Å². The smallest absolute Gasteiger partial charge is 0.319 e. The van der Waals surface area contributed by atoms with Crippen molar-refractivity contribution in [3.63, 3.8) is 0 Å². The molecule has 0 saturated carbocycles. The van der Waals surface area contributed by atoms with Crippen molar-refractivity contribution in [2.75, 3.05) is 57.0 Å². The molecule has 0 radical (unpaired) electrons. The summed E-state index contributed by atoms with van der Waals surface area (Å²) >= 11 is 7.70. The lowest BCUT2D eigenvalue weighted by Gasteiger charge is -2.29. The number of benzene rings is 2. The number of fused-ring (bicyclic) bond motifs is 2. The maximum Gasteiger partial charge on any atom is 0.319 e. The Bertz CT molecular complexity index is 1490. The van der Waals surface area contributed by atoms with Gasteiger partial charge in [-0.2, -0.15) is 9.97 Å². The van der Waals surface area contributed by atoms with Gasteiger partial charge in [-0.05, 0) is 44.6 Å². The van der Waals surface area contributed by atoms with Crippen molar-refractivity contribution in [2.45, 2.75) is 18.9 Å². The molecular formula is C25H26ClF2N7OS. The van der Waals surface area contributed by atoms with Gasteiger partial charge in [0.25, 0.3) is 0 Å². The van der Waals surface area contributed by atoms with Crippen LogP contribution in [-0.2, 0) is 0 Å². The van der Waals surface area contributed by atoms with Gasteiger partial charge >= 0.3 is 6.01 Å². The Hall–Kier alpha value is -2.86. The molecule has 6 rings (SSSR count). The molecule has 8 nitrogen and oxygen atoms in total. The van der Waals surface area contributed by atoms with E-state index in [0.29, 0.717) is 36.5 Å². The number of nitrogens with two attached hydrogens (primary N) is 1. The van der Waals surface area contributed by atoms with Crippen LogP contribution in [0.15, 0.2) is 18.2 Å². The van der Waals surface area contributed by atoms with E-state index in [1.807, 2.05) is 0 Å². The number of nitrogens with zero attached hydrogens (tertiary/aromatic N) is 5. The molecule has 2 aliphatic rings. The Morgan fingerprint density at radius 1 is 1.16 bits per heavy atom. The van der Waals surface area contributed by atoms with Crippen LogP contribution < -0.4 is 20.7 Å². The molecule has 194 valence electrons. The molecule has 12 heteroatoms. The average molecular weight is 546 g/mol.